The van der Waals surface area contributed by atoms with Crippen molar-refractivity contribution in [2.24, 2.45) is 0 Å². The molecule has 1 amide bonds. The standard InChI is InChI=1S/C21H21N7OS/c1-14-13-15(2)28(25-14)19-8-7-18(23-24-19)26-9-11-27(12-10-26)21(29)20-22-16-5-3-4-6-17(16)30-20/h3-8,13H,9-12H2,1-2H3. The Kier molecular flexibility index (Phi) is 4.66. The Labute approximate surface area is 177 Å². The molecule has 0 aliphatic carbocycles. The van der Waals surface area contributed by atoms with E-state index in [1.54, 1.807) is 4.68 Å². The Hall–Kier alpha value is -3.33. The topological polar surface area (TPSA) is 80.0 Å². The van der Waals surface area contributed by atoms with Crippen molar-refractivity contribution < 1.29 is 4.79 Å². The zero-order valence-electron chi connectivity index (χ0n) is 16.8. The molecule has 4 aromatic rings. The smallest absolute Gasteiger partial charge is 0.282 e. The van der Waals surface area contributed by atoms with E-state index in [1.807, 2.05) is 61.2 Å². The minimum Gasteiger partial charge on any atom is -0.352 e. The third kappa shape index (κ3) is 3.41. The minimum atomic E-state index is 0.00168. The monoisotopic (exact) mass is 419 g/mol. The molecular formula is C21H21N7OS. The second kappa shape index (κ2) is 7.49. The first kappa shape index (κ1) is 18.7. The Morgan fingerprint density at radius 2 is 1.70 bits per heavy atom. The zero-order valence-corrected chi connectivity index (χ0v) is 17.6. The molecule has 30 heavy (non-hydrogen) atoms. The van der Waals surface area contributed by atoms with Crippen LogP contribution >= 0.6 is 11.3 Å². The maximum absolute atomic E-state index is 12.9. The maximum atomic E-state index is 12.9. The lowest BCUT2D eigenvalue weighted by Crippen LogP contribution is -2.49. The summed E-state index contributed by atoms with van der Waals surface area (Å²) in [6, 6.07) is 13.7. The van der Waals surface area contributed by atoms with Crippen LogP contribution in [0.3, 0.4) is 0 Å². The quantitative estimate of drug-likeness (QED) is 0.508. The Balaban J connectivity index is 1.25. The van der Waals surface area contributed by atoms with E-state index in [9.17, 15) is 4.79 Å². The minimum absolute atomic E-state index is 0.00168. The highest BCUT2D eigenvalue weighted by molar-refractivity contribution is 7.20. The van der Waals surface area contributed by atoms with E-state index in [4.69, 9.17) is 0 Å². The van der Waals surface area contributed by atoms with Crippen molar-refractivity contribution in [3.63, 3.8) is 0 Å². The second-order valence-corrected chi connectivity index (χ2v) is 8.39. The number of fused-ring (bicyclic) bond motifs is 1. The van der Waals surface area contributed by atoms with Gasteiger partial charge in [0.15, 0.2) is 16.6 Å². The maximum Gasteiger partial charge on any atom is 0.282 e. The number of hydrogen-bond donors (Lipinski definition) is 0. The number of carbonyl (C=O) groups excluding carboxylic acids is 1. The van der Waals surface area contributed by atoms with Crippen molar-refractivity contribution in [1.82, 2.24) is 29.9 Å². The number of aryl methyl sites for hydroxylation is 2. The van der Waals surface area contributed by atoms with Gasteiger partial charge in [0.1, 0.15) is 0 Å². The summed E-state index contributed by atoms with van der Waals surface area (Å²) in [4.78, 5) is 21.4. The van der Waals surface area contributed by atoms with E-state index in [1.165, 1.54) is 11.3 Å². The van der Waals surface area contributed by atoms with Gasteiger partial charge < -0.3 is 9.80 Å². The summed E-state index contributed by atoms with van der Waals surface area (Å²) in [5.74, 6) is 1.52. The van der Waals surface area contributed by atoms with Gasteiger partial charge >= 0.3 is 0 Å². The number of hydrogen-bond acceptors (Lipinski definition) is 7. The van der Waals surface area contributed by atoms with Crippen LogP contribution in [0.1, 0.15) is 21.2 Å². The van der Waals surface area contributed by atoms with Crippen molar-refractivity contribution in [3.05, 3.63) is 58.9 Å². The molecule has 0 spiro atoms. The van der Waals surface area contributed by atoms with Crippen molar-refractivity contribution in [2.45, 2.75) is 13.8 Å². The molecule has 0 N–H and O–H groups in total. The molecule has 152 valence electrons. The van der Waals surface area contributed by atoms with Crippen LogP contribution in [0.25, 0.3) is 16.0 Å². The summed E-state index contributed by atoms with van der Waals surface area (Å²) in [7, 11) is 0. The highest BCUT2D eigenvalue weighted by atomic mass is 32.1. The van der Waals surface area contributed by atoms with Crippen LogP contribution in [0.4, 0.5) is 5.82 Å². The summed E-state index contributed by atoms with van der Waals surface area (Å²) in [6.45, 7) is 6.65. The second-order valence-electron chi connectivity index (χ2n) is 7.35. The summed E-state index contributed by atoms with van der Waals surface area (Å²) < 4.78 is 2.83. The van der Waals surface area contributed by atoms with Gasteiger partial charge in [0, 0.05) is 31.9 Å². The molecule has 0 radical (unpaired) electrons. The molecular weight excluding hydrogens is 398 g/mol. The van der Waals surface area contributed by atoms with Crippen LogP contribution in [0.15, 0.2) is 42.5 Å². The molecule has 8 nitrogen and oxygen atoms in total. The largest absolute Gasteiger partial charge is 0.352 e. The molecule has 4 heterocycles. The normalized spacial score (nSPS) is 14.5. The van der Waals surface area contributed by atoms with Crippen LogP contribution in [0.2, 0.25) is 0 Å². The van der Waals surface area contributed by atoms with Crippen LogP contribution in [0.5, 0.6) is 0 Å². The SMILES string of the molecule is Cc1cc(C)n(-c2ccc(N3CCN(C(=O)c4nc5ccccc5s4)CC3)nn2)n1. The summed E-state index contributed by atoms with van der Waals surface area (Å²) in [5, 5.41) is 13.7. The fourth-order valence-corrected chi connectivity index (χ4v) is 4.63. The molecule has 0 bridgehead atoms. The van der Waals surface area contributed by atoms with E-state index in [2.05, 4.69) is 25.2 Å². The van der Waals surface area contributed by atoms with Gasteiger partial charge in [-0.3, -0.25) is 4.79 Å². The highest BCUT2D eigenvalue weighted by Crippen LogP contribution is 2.23. The number of amides is 1. The first-order valence-corrected chi connectivity index (χ1v) is 10.7. The van der Waals surface area contributed by atoms with Gasteiger partial charge in [-0.15, -0.1) is 21.5 Å². The van der Waals surface area contributed by atoms with Crippen LogP contribution in [-0.4, -0.2) is 61.9 Å². The number of piperazine rings is 1. The Morgan fingerprint density at radius 1 is 0.967 bits per heavy atom. The van der Waals surface area contributed by atoms with Gasteiger partial charge in [0.05, 0.1) is 15.9 Å². The lowest BCUT2D eigenvalue weighted by molar-refractivity contribution is 0.0746. The number of carbonyl (C=O) groups is 1. The number of rotatable bonds is 3. The number of aromatic nitrogens is 5. The van der Waals surface area contributed by atoms with E-state index >= 15 is 0 Å². The fourth-order valence-electron chi connectivity index (χ4n) is 3.70. The van der Waals surface area contributed by atoms with Crippen molar-refractivity contribution in [1.29, 1.82) is 0 Å². The molecule has 1 aliphatic heterocycles. The third-order valence-electron chi connectivity index (χ3n) is 5.23. The molecule has 3 aromatic heterocycles. The van der Waals surface area contributed by atoms with Crippen molar-refractivity contribution in [3.8, 4) is 5.82 Å². The molecule has 1 fully saturated rings. The average molecular weight is 420 g/mol. The number of nitrogens with zero attached hydrogens (tertiary/aromatic N) is 7. The Bertz CT molecular complexity index is 1170. The van der Waals surface area contributed by atoms with Crippen LogP contribution < -0.4 is 4.90 Å². The molecule has 1 aromatic carbocycles. The summed E-state index contributed by atoms with van der Waals surface area (Å²) in [5.41, 5.74) is 2.85. The van der Waals surface area contributed by atoms with Gasteiger partial charge in [-0.05, 0) is 44.2 Å². The fraction of sp³-hybridized carbons (Fsp3) is 0.286. The van der Waals surface area contributed by atoms with Crippen molar-refractivity contribution in [2.75, 3.05) is 31.1 Å². The number of anilines is 1. The average Bonchev–Trinajstić information content (AvgIpc) is 3.36. The number of thiazole rings is 1. The van der Waals surface area contributed by atoms with E-state index in [0.717, 1.165) is 27.4 Å². The first-order chi connectivity index (χ1) is 14.6. The molecule has 5 rings (SSSR count). The predicted octanol–water partition coefficient (Wildman–Crippen LogP) is 2.85. The molecule has 1 saturated heterocycles. The van der Waals surface area contributed by atoms with Gasteiger partial charge in [0.2, 0.25) is 0 Å². The molecule has 0 saturated carbocycles. The predicted molar refractivity (Wildman–Crippen MR) is 116 cm³/mol. The number of para-hydroxylation sites is 1. The van der Waals surface area contributed by atoms with E-state index in [0.29, 0.717) is 37.0 Å². The first-order valence-electron chi connectivity index (χ1n) is 9.86. The number of benzene rings is 1. The Morgan fingerprint density at radius 3 is 2.37 bits per heavy atom. The molecule has 9 heteroatoms. The van der Waals surface area contributed by atoms with Crippen LogP contribution in [-0.2, 0) is 0 Å². The van der Waals surface area contributed by atoms with E-state index in [-0.39, 0.29) is 5.91 Å². The van der Waals surface area contributed by atoms with Gasteiger partial charge in [0.25, 0.3) is 5.91 Å². The third-order valence-corrected chi connectivity index (χ3v) is 6.26. The molecule has 0 atom stereocenters. The molecule has 1 aliphatic rings. The zero-order chi connectivity index (χ0) is 20.7. The van der Waals surface area contributed by atoms with Gasteiger partial charge in [-0.25, -0.2) is 9.67 Å². The lowest BCUT2D eigenvalue weighted by atomic mass is 10.3. The van der Waals surface area contributed by atoms with Gasteiger partial charge in [-0.1, -0.05) is 12.1 Å². The van der Waals surface area contributed by atoms with Crippen molar-refractivity contribution >= 4 is 33.3 Å². The van der Waals surface area contributed by atoms with Crippen LogP contribution in [0, 0.1) is 13.8 Å². The van der Waals surface area contributed by atoms with Gasteiger partial charge in [-0.2, -0.15) is 5.10 Å². The van der Waals surface area contributed by atoms with E-state index < -0.39 is 0 Å². The lowest BCUT2D eigenvalue weighted by Gasteiger charge is -2.34. The molecule has 0 unspecified atom stereocenters. The highest BCUT2D eigenvalue weighted by Gasteiger charge is 2.25. The summed E-state index contributed by atoms with van der Waals surface area (Å²) >= 11 is 1.45. The summed E-state index contributed by atoms with van der Waals surface area (Å²) in [6.07, 6.45) is 0.